The lowest BCUT2D eigenvalue weighted by atomic mass is 10.3. The molecule has 0 unspecified atom stereocenters. The number of nitrogens with one attached hydrogen (secondary N) is 2. The van der Waals surface area contributed by atoms with Crippen molar-refractivity contribution >= 4 is 15.7 Å². The summed E-state index contributed by atoms with van der Waals surface area (Å²) >= 11 is 0. The molecule has 0 atom stereocenters. The first-order valence-corrected chi connectivity index (χ1v) is 8.48. The smallest absolute Gasteiger partial charge is 0.232 e. The Bertz CT molecular complexity index is 522. The van der Waals surface area contributed by atoms with Crippen molar-refractivity contribution in [1.82, 2.24) is 5.32 Å². The summed E-state index contributed by atoms with van der Waals surface area (Å²) in [6, 6.07) is 5.27. The fourth-order valence-electron chi connectivity index (χ4n) is 1.75. The van der Waals surface area contributed by atoms with Crippen LogP contribution in [0.3, 0.4) is 0 Å². The quantitative estimate of drug-likeness (QED) is 0.680. The van der Waals surface area contributed by atoms with Crippen molar-refractivity contribution in [2.24, 2.45) is 0 Å². The molecule has 0 aliphatic carbocycles. The number of rotatable bonds is 9. The Hall–Kier alpha value is -1.47. The second kappa shape index (κ2) is 8.09. The van der Waals surface area contributed by atoms with Crippen molar-refractivity contribution in [3.63, 3.8) is 0 Å². The Morgan fingerprint density at radius 1 is 1.10 bits per heavy atom. The number of hydrogen-bond acceptors (Lipinski definition) is 5. The number of hydrogen-bond donors (Lipinski definition) is 2. The Morgan fingerprint density at radius 2 is 1.67 bits per heavy atom. The molecule has 0 amide bonds. The molecule has 7 heteroatoms. The third kappa shape index (κ3) is 6.68. The molecule has 0 radical (unpaired) electrons. The minimum atomic E-state index is -3.38. The Balaban J connectivity index is 2.66. The van der Waals surface area contributed by atoms with Crippen molar-refractivity contribution < 1.29 is 17.9 Å². The molecule has 0 bridgehead atoms. The second-order valence-electron chi connectivity index (χ2n) is 4.98. The van der Waals surface area contributed by atoms with Crippen LogP contribution in [0.5, 0.6) is 11.5 Å². The van der Waals surface area contributed by atoms with E-state index in [2.05, 4.69) is 10.0 Å². The highest BCUT2D eigenvalue weighted by molar-refractivity contribution is 7.92. The first-order valence-electron chi connectivity index (χ1n) is 6.83. The van der Waals surface area contributed by atoms with E-state index in [1.807, 2.05) is 13.8 Å². The highest BCUT2D eigenvalue weighted by Crippen LogP contribution is 2.26. The number of anilines is 1. The molecule has 2 N–H and O–H groups in total. The van der Waals surface area contributed by atoms with Gasteiger partial charge in [0.15, 0.2) is 0 Å². The van der Waals surface area contributed by atoms with Crippen molar-refractivity contribution in [2.45, 2.75) is 26.3 Å². The minimum absolute atomic E-state index is 0.0618. The van der Waals surface area contributed by atoms with E-state index in [0.29, 0.717) is 36.2 Å². The Kier molecular flexibility index (Phi) is 6.77. The van der Waals surface area contributed by atoms with E-state index in [-0.39, 0.29) is 5.75 Å². The van der Waals surface area contributed by atoms with Gasteiger partial charge in [-0.2, -0.15) is 0 Å². The van der Waals surface area contributed by atoms with E-state index in [4.69, 9.17) is 9.47 Å². The lowest BCUT2D eigenvalue weighted by Gasteiger charge is -2.12. The summed E-state index contributed by atoms with van der Waals surface area (Å²) in [4.78, 5) is 0. The summed E-state index contributed by atoms with van der Waals surface area (Å²) in [5.74, 6) is 1.13. The third-order valence-electron chi connectivity index (χ3n) is 2.77. The van der Waals surface area contributed by atoms with Crippen LogP contribution in [-0.4, -0.2) is 41.0 Å². The molecule has 1 rings (SSSR count). The summed E-state index contributed by atoms with van der Waals surface area (Å²) in [6.07, 6.45) is 0.550. The molecular formula is C14H24N2O4S. The zero-order chi connectivity index (χ0) is 15.9. The molecule has 6 nitrogen and oxygen atoms in total. The van der Waals surface area contributed by atoms with Crippen molar-refractivity contribution in [1.29, 1.82) is 0 Å². The molecule has 21 heavy (non-hydrogen) atoms. The van der Waals surface area contributed by atoms with Gasteiger partial charge in [0.25, 0.3) is 0 Å². The van der Waals surface area contributed by atoms with Gasteiger partial charge in [0.05, 0.1) is 25.7 Å². The maximum atomic E-state index is 12.0. The molecule has 0 aliphatic rings. The van der Waals surface area contributed by atoms with Crippen LogP contribution >= 0.6 is 0 Å². The summed E-state index contributed by atoms with van der Waals surface area (Å²) in [5.41, 5.74) is 0.433. The average molecular weight is 316 g/mol. The Labute approximate surface area is 126 Å². The number of benzene rings is 1. The zero-order valence-electron chi connectivity index (χ0n) is 13.0. The highest BCUT2D eigenvalue weighted by Gasteiger charge is 2.12. The van der Waals surface area contributed by atoms with Crippen LogP contribution in [0, 0.1) is 0 Å². The predicted molar refractivity (Wildman–Crippen MR) is 84.7 cm³/mol. The SMILES string of the molecule is COc1cc(NS(=O)(=O)CCCNC(C)C)cc(OC)c1. The van der Waals surface area contributed by atoms with Crippen LogP contribution in [-0.2, 0) is 10.0 Å². The lowest BCUT2D eigenvalue weighted by Crippen LogP contribution is -2.26. The van der Waals surface area contributed by atoms with Gasteiger partial charge in [-0.25, -0.2) is 8.42 Å². The van der Waals surface area contributed by atoms with E-state index in [1.165, 1.54) is 14.2 Å². The summed E-state index contributed by atoms with van der Waals surface area (Å²) in [7, 11) is -0.347. The lowest BCUT2D eigenvalue weighted by molar-refractivity contribution is 0.395. The van der Waals surface area contributed by atoms with Crippen LogP contribution in [0.15, 0.2) is 18.2 Å². The summed E-state index contributed by atoms with van der Waals surface area (Å²) in [5, 5.41) is 3.19. The van der Waals surface area contributed by atoms with Crippen molar-refractivity contribution in [3.05, 3.63) is 18.2 Å². The number of sulfonamides is 1. The van der Waals surface area contributed by atoms with Crippen LogP contribution < -0.4 is 19.5 Å². The molecular weight excluding hydrogens is 292 g/mol. The molecule has 0 aromatic heterocycles. The average Bonchev–Trinajstić information content (AvgIpc) is 2.42. The largest absolute Gasteiger partial charge is 0.497 e. The van der Waals surface area contributed by atoms with E-state index >= 15 is 0 Å². The van der Waals surface area contributed by atoms with Gasteiger partial charge >= 0.3 is 0 Å². The van der Waals surface area contributed by atoms with Crippen LogP contribution in [0.1, 0.15) is 20.3 Å². The topological polar surface area (TPSA) is 76.7 Å². The van der Waals surface area contributed by atoms with Gasteiger partial charge < -0.3 is 14.8 Å². The zero-order valence-corrected chi connectivity index (χ0v) is 13.8. The van der Waals surface area contributed by atoms with Gasteiger partial charge in [-0.05, 0) is 13.0 Å². The monoisotopic (exact) mass is 316 g/mol. The van der Waals surface area contributed by atoms with E-state index < -0.39 is 10.0 Å². The summed E-state index contributed by atoms with van der Waals surface area (Å²) in [6.45, 7) is 4.71. The van der Waals surface area contributed by atoms with Gasteiger partial charge in [0, 0.05) is 24.2 Å². The van der Waals surface area contributed by atoms with E-state index in [9.17, 15) is 8.42 Å². The molecule has 1 aromatic rings. The highest BCUT2D eigenvalue weighted by atomic mass is 32.2. The van der Waals surface area contributed by atoms with Crippen molar-refractivity contribution in [3.8, 4) is 11.5 Å². The van der Waals surface area contributed by atoms with Crippen molar-refractivity contribution in [2.75, 3.05) is 31.2 Å². The summed E-state index contributed by atoms with van der Waals surface area (Å²) < 4.78 is 36.8. The molecule has 120 valence electrons. The molecule has 0 spiro atoms. The van der Waals surface area contributed by atoms with Crippen LogP contribution in [0.4, 0.5) is 5.69 Å². The second-order valence-corrected chi connectivity index (χ2v) is 6.83. The van der Waals surface area contributed by atoms with Crippen LogP contribution in [0.25, 0.3) is 0 Å². The minimum Gasteiger partial charge on any atom is -0.497 e. The molecule has 0 fully saturated rings. The van der Waals surface area contributed by atoms with Gasteiger partial charge in [-0.3, -0.25) is 4.72 Å². The standard InChI is InChI=1S/C14H24N2O4S/c1-11(2)15-6-5-7-21(17,18)16-12-8-13(19-3)10-14(9-12)20-4/h8-11,15-16H,5-7H2,1-4H3. The van der Waals surface area contributed by atoms with Gasteiger partial charge in [-0.15, -0.1) is 0 Å². The maximum Gasteiger partial charge on any atom is 0.232 e. The molecule has 1 aromatic carbocycles. The number of methoxy groups -OCH3 is 2. The van der Waals surface area contributed by atoms with Gasteiger partial charge in [0.1, 0.15) is 11.5 Å². The predicted octanol–water partition coefficient (Wildman–Crippen LogP) is 1.83. The number of ether oxygens (including phenoxy) is 2. The first-order chi connectivity index (χ1) is 9.86. The van der Waals surface area contributed by atoms with E-state index in [1.54, 1.807) is 18.2 Å². The van der Waals surface area contributed by atoms with Crippen LogP contribution in [0.2, 0.25) is 0 Å². The fraction of sp³-hybridized carbons (Fsp3) is 0.571. The third-order valence-corrected chi connectivity index (χ3v) is 4.14. The normalized spacial score (nSPS) is 11.5. The molecule has 0 saturated carbocycles. The first kappa shape index (κ1) is 17.6. The van der Waals surface area contributed by atoms with Gasteiger partial charge in [0.2, 0.25) is 10.0 Å². The fourth-order valence-corrected chi connectivity index (χ4v) is 2.85. The molecule has 0 aliphatic heterocycles. The van der Waals surface area contributed by atoms with E-state index in [0.717, 1.165) is 0 Å². The van der Waals surface area contributed by atoms with Gasteiger partial charge in [-0.1, -0.05) is 13.8 Å². The molecule has 0 saturated heterocycles. The molecule has 0 heterocycles. The Morgan fingerprint density at radius 3 is 2.14 bits per heavy atom. The maximum absolute atomic E-state index is 12.0.